The maximum atomic E-state index is 11.9. The van der Waals surface area contributed by atoms with Crippen LogP contribution in [0.15, 0.2) is 0 Å². The summed E-state index contributed by atoms with van der Waals surface area (Å²) in [5.41, 5.74) is -1.11. The highest BCUT2D eigenvalue weighted by Gasteiger charge is 2.24. The summed E-state index contributed by atoms with van der Waals surface area (Å²) >= 11 is 0. The van der Waals surface area contributed by atoms with Crippen molar-refractivity contribution in [1.29, 1.82) is 0 Å². The van der Waals surface area contributed by atoms with Gasteiger partial charge in [-0.2, -0.15) is 0 Å². The van der Waals surface area contributed by atoms with Crippen molar-refractivity contribution in [3.63, 3.8) is 0 Å². The van der Waals surface area contributed by atoms with Crippen molar-refractivity contribution in [1.82, 2.24) is 5.32 Å². The lowest BCUT2D eigenvalue weighted by Crippen LogP contribution is -2.47. The fourth-order valence-corrected chi connectivity index (χ4v) is 3.29. The number of hydrogen-bond acceptors (Lipinski definition) is 2. The summed E-state index contributed by atoms with van der Waals surface area (Å²) in [5, 5.41) is 12.9. The Balaban J connectivity index is 3.39. The second-order valence-corrected chi connectivity index (χ2v) is 7.57. The number of hydrogen-bond donors (Lipinski definition) is 2. The predicted octanol–water partition coefficient (Wildman–Crippen LogP) is 6.30. The van der Waals surface area contributed by atoms with Gasteiger partial charge in [-0.15, -0.1) is 0 Å². The Kier molecular flexibility index (Phi) is 16.5. The Hall–Kier alpha value is -0.570. The van der Waals surface area contributed by atoms with E-state index in [9.17, 15) is 9.90 Å². The monoisotopic (exact) mass is 354 g/mol. The lowest BCUT2D eigenvalue weighted by Gasteiger charge is -2.27. The highest BCUT2D eigenvalue weighted by atomic mass is 16.3. The fraction of sp³-hybridized carbons (Fsp3) is 0.909. The first-order chi connectivity index (χ1) is 12.1. The molecule has 0 saturated carbocycles. The van der Waals surface area contributed by atoms with Gasteiger partial charge in [-0.25, -0.2) is 0 Å². The highest BCUT2D eigenvalue weighted by Crippen LogP contribution is 2.15. The molecule has 0 fully saturated rings. The first-order valence-electron chi connectivity index (χ1n) is 10.9. The molecule has 0 saturated heterocycles. The van der Waals surface area contributed by atoms with Crippen LogP contribution in [0.4, 0.5) is 0 Å². The normalized spacial score (nSPS) is 13.6. The first-order valence-corrected chi connectivity index (χ1v) is 10.9. The van der Waals surface area contributed by atoms with Gasteiger partial charge in [0.1, 0.15) is 5.72 Å². The molecule has 0 bridgehead atoms. The third-order valence-corrected chi connectivity index (χ3v) is 4.96. The standard InChI is InChI=1S/C22H44NO2/c1-4-7-8-9-10-11-12-13-14-15-16-17-18-19-21(24)23-22(25,6-3)20-5-2/h25H,3-20H2,1-2H3,(H,23,24). The molecule has 0 aromatic carbocycles. The number of carbonyl (C=O) groups excluding carboxylic acids is 1. The minimum atomic E-state index is -1.11. The summed E-state index contributed by atoms with van der Waals surface area (Å²) in [5.74, 6) is -0.0392. The molecule has 0 aromatic heterocycles. The molecule has 0 aliphatic carbocycles. The largest absolute Gasteiger partial charge is 0.371 e. The van der Waals surface area contributed by atoms with Gasteiger partial charge in [0.25, 0.3) is 0 Å². The number of nitrogens with one attached hydrogen (secondary N) is 1. The molecule has 2 N–H and O–H groups in total. The molecule has 0 aromatic rings. The molecule has 0 heterocycles. The molecule has 3 nitrogen and oxygen atoms in total. The van der Waals surface area contributed by atoms with Crippen molar-refractivity contribution >= 4 is 5.91 Å². The van der Waals surface area contributed by atoms with Crippen LogP contribution >= 0.6 is 0 Å². The summed E-state index contributed by atoms with van der Waals surface area (Å²) in [4.78, 5) is 11.9. The lowest BCUT2D eigenvalue weighted by molar-refractivity contribution is -0.129. The number of carbonyl (C=O) groups is 1. The SMILES string of the molecule is [CH2]CC(O)(CCC)NC(=O)CCCCCCCCCCCCCCC. The molecular weight excluding hydrogens is 310 g/mol. The number of amides is 1. The average Bonchev–Trinajstić information content (AvgIpc) is 2.59. The number of aliphatic hydroxyl groups is 1. The molecule has 0 spiro atoms. The minimum Gasteiger partial charge on any atom is -0.371 e. The van der Waals surface area contributed by atoms with Crippen LogP contribution < -0.4 is 5.32 Å². The van der Waals surface area contributed by atoms with Crippen LogP contribution in [0.5, 0.6) is 0 Å². The first kappa shape index (κ1) is 24.4. The van der Waals surface area contributed by atoms with Gasteiger partial charge in [0.15, 0.2) is 0 Å². The number of unbranched alkanes of at least 4 members (excludes halogenated alkanes) is 12. The molecule has 1 amide bonds. The van der Waals surface area contributed by atoms with Crippen LogP contribution in [-0.2, 0) is 4.79 Å². The molecule has 149 valence electrons. The maximum Gasteiger partial charge on any atom is 0.222 e. The number of rotatable bonds is 18. The van der Waals surface area contributed by atoms with Crippen LogP contribution in [0.3, 0.4) is 0 Å². The van der Waals surface area contributed by atoms with E-state index in [0.717, 1.165) is 19.3 Å². The Morgan fingerprint density at radius 2 is 1.24 bits per heavy atom. The molecule has 1 radical (unpaired) electrons. The topological polar surface area (TPSA) is 49.3 Å². The molecule has 25 heavy (non-hydrogen) atoms. The van der Waals surface area contributed by atoms with Crippen LogP contribution in [0, 0.1) is 6.92 Å². The van der Waals surface area contributed by atoms with Crippen LogP contribution in [0.25, 0.3) is 0 Å². The van der Waals surface area contributed by atoms with Crippen molar-refractivity contribution in [3.05, 3.63) is 6.92 Å². The van der Waals surface area contributed by atoms with E-state index >= 15 is 0 Å². The van der Waals surface area contributed by atoms with E-state index in [1.54, 1.807) is 0 Å². The second-order valence-electron chi connectivity index (χ2n) is 7.57. The van der Waals surface area contributed by atoms with Gasteiger partial charge in [0, 0.05) is 6.42 Å². The van der Waals surface area contributed by atoms with Gasteiger partial charge >= 0.3 is 0 Å². The fourth-order valence-electron chi connectivity index (χ4n) is 3.29. The van der Waals surface area contributed by atoms with E-state index in [0.29, 0.717) is 19.3 Å². The van der Waals surface area contributed by atoms with Crippen molar-refractivity contribution in [2.24, 2.45) is 0 Å². The summed E-state index contributed by atoms with van der Waals surface area (Å²) in [6.07, 6.45) is 19.2. The minimum absolute atomic E-state index is 0.0392. The molecule has 1 atom stereocenters. The summed E-state index contributed by atoms with van der Waals surface area (Å²) in [6, 6.07) is 0. The van der Waals surface area contributed by atoms with E-state index in [-0.39, 0.29) is 5.91 Å². The van der Waals surface area contributed by atoms with Crippen LogP contribution in [0.2, 0.25) is 0 Å². The van der Waals surface area contributed by atoms with E-state index in [1.807, 2.05) is 6.92 Å². The van der Waals surface area contributed by atoms with Crippen LogP contribution in [0.1, 0.15) is 123 Å². The summed E-state index contributed by atoms with van der Waals surface area (Å²) < 4.78 is 0. The van der Waals surface area contributed by atoms with Gasteiger partial charge in [0.05, 0.1) is 0 Å². The summed E-state index contributed by atoms with van der Waals surface area (Å²) in [7, 11) is 0. The van der Waals surface area contributed by atoms with E-state index in [4.69, 9.17) is 0 Å². The van der Waals surface area contributed by atoms with Crippen LogP contribution in [-0.4, -0.2) is 16.7 Å². The van der Waals surface area contributed by atoms with E-state index in [2.05, 4.69) is 19.2 Å². The molecule has 3 heteroatoms. The third-order valence-electron chi connectivity index (χ3n) is 4.96. The Morgan fingerprint density at radius 3 is 1.64 bits per heavy atom. The van der Waals surface area contributed by atoms with Gasteiger partial charge in [0.2, 0.25) is 5.91 Å². The molecular formula is C22H44NO2. The zero-order chi connectivity index (χ0) is 18.8. The van der Waals surface area contributed by atoms with Crippen molar-refractivity contribution < 1.29 is 9.90 Å². The third kappa shape index (κ3) is 15.4. The smallest absolute Gasteiger partial charge is 0.222 e. The highest BCUT2D eigenvalue weighted by molar-refractivity contribution is 5.76. The molecule has 0 aliphatic rings. The van der Waals surface area contributed by atoms with Crippen molar-refractivity contribution in [3.8, 4) is 0 Å². The van der Waals surface area contributed by atoms with Gasteiger partial charge in [-0.1, -0.05) is 97.3 Å². The zero-order valence-corrected chi connectivity index (χ0v) is 17.1. The van der Waals surface area contributed by atoms with Crippen molar-refractivity contribution in [2.45, 2.75) is 129 Å². The second kappa shape index (κ2) is 16.9. The molecule has 0 aliphatic heterocycles. The average molecular weight is 355 g/mol. The predicted molar refractivity (Wildman–Crippen MR) is 108 cm³/mol. The van der Waals surface area contributed by atoms with E-state index in [1.165, 1.54) is 70.6 Å². The maximum absolute atomic E-state index is 11.9. The lowest BCUT2D eigenvalue weighted by atomic mass is 10.0. The van der Waals surface area contributed by atoms with Gasteiger partial charge in [-0.3, -0.25) is 4.79 Å². The molecule has 0 rings (SSSR count). The Labute approximate surface area is 157 Å². The summed E-state index contributed by atoms with van der Waals surface area (Å²) in [6.45, 7) is 8.00. The van der Waals surface area contributed by atoms with E-state index < -0.39 is 5.72 Å². The van der Waals surface area contributed by atoms with Crippen molar-refractivity contribution in [2.75, 3.05) is 0 Å². The Morgan fingerprint density at radius 1 is 0.800 bits per heavy atom. The quantitative estimate of drug-likeness (QED) is 0.224. The Bertz CT molecular complexity index is 306. The van der Waals surface area contributed by atoms with Gasteiger partial charge in [-0.05, 0) is 26.2 Å². The zero-order valence-electron chi connectivity index (χ0n) is 17.1. The molecule has 1 unspecified atom stereocenters. The van der Waals surface area contributed by atoms with Gasteiger partial charge < -0.3 is 10.4 Å².